The summed E-state index contributed by atoms with van der Waals surface area (Å²) >= 11 is 1.59. The van der Waals surface area contributed by atoms with Crippen molar-refractivity contribution < 1.29 is 9.90 Å². The molecular formula is C12H19NO2S. The molecule has 0 fully saturated rings. The summed E-state index contributed by atoms with van der Waals surface area (Å²) in [6.45, 7) is 5.83. The molecule has 1 heterocycles. The van der Waals surface area contributed by atoms with E-state index in [9.17, 15) is 4.79 Å². The molecule has 1 aromatic rings. The fourth-order valence-corrected chi connectivity index (χ4v) is 2.26. The smallest absolute Gasteiger partial charge is 0.231 e. The lowest BCUT2D eigenvalue weighted by atomic mass is 9.90. The van der Waals surface area contributed by atoms with E-state index in [0.29, 0.717) is 6.42 Å². The lowest BCUT2D eigenvalue weighted by Gasteiger charge is -2.24. The van der Waals surface area contributed by atoms with Crippen LogP contribution in [0.25, 0.3) is 0 Å². The SMILES string of the molecule is CC(CCO)NC(=O)C(C)(C)c1cccs1. The number of aliphatic hydroxyl groups is 1. The van der Waals surface area contributed by atoms with Crippen molar-refractivity contribution >= 4 is 17.2 Å². The molecular weight excluding hydrogens is 222 g/mol. The van der Waals surface area contributed by atoms with Crippen molar-refractivity contribution in [2.45, 2.75) is 38.6 Å². The van der Waals surface area contributed by atoms with E-state index in [-0.39, 0.29) is 18.6 Å². The van der Waals surface area contributed by atoms with Crippen LogP contribution in [0.3, 0.4) is 0 Å². The summed E-state index contributed by atoms with van der Waals surface area (Å²) in [6, 6.07) is 3.93. The molecule has 1 amide bonds. The van der Waals surface area contributed by atoms with Crippen LogP contribution >= 0.6 is 11.3 Å². The lowest BCUT2D eigenvalue weighted by Crippen LogP contribution is -2.44. The standard InChI is InChI=1S/C12H19NO2S/c1-9(6-7-14)13-11(15)12(2,3)10-5-4-8-16-10/h4-5,8-9,14H,6-7H2,1-3H3,(H,13,15). The second-order valence-electron chi connectivity index (χ2n) is 4.49. The number of rotatable bonds is 5. The van der Waals surface area contributed by atoms with Crippen molar-refractivity contribution in [3.05, 3.63) is 22.4 Å². The normalized spacial score (nSPS) is 13.5. The Hall–Kier alpha value is -0.870. The van der Waals surface area contributed by atoms with E-state index in [1.165, 1.54) is 0 Å². The number of nitrogens with one attached hydrogen (secondary N) is 1. The van der Waals surface area contributed by atoms with E-state index < -0.39 is 5.41 Å². The number of hydrogen-bond donors (Lipinski definition) is 2. The van der Waals surface area contributed by atoms with Gasteiger partial charge in [0.25, 0.3) is 0 Å². The lowest BCUT2D eigenvalue weighted by molar-refractivity contribution is -0.126. The quantitative estimate of drug-likeness (QED) is 0.827. The van der Waals surface area contributed by atoms with Crippen molar-refractivity contribution in [3.63, 3.8) is 0 Å². The Morgan fingerprint density at radius 2 is 2.31 bits per heavy atom. The monoisotopic (exact) mass is 241 g/mol. The molecule has 0 spiro atoms. The van der Waals surface area contributed by atoms with Gasteiger partial charge in [-0.2, -0.15) is 0 Å². The van der Waals surface area contributed by atoms with Crippen LogP contribution in [0.2, 0.25) is 0 Å². The fraction of sp³-hybridized carbons (Fsp3) is 0.583. The molecule has 1 unspecified atom stereocenters. The van der Waals surface area contributed by atoms with Crippen LogP contribution in [0, 0.1) is 0 Å². The molecule has 4 heteroatoms. The summed E-state index contributed by atoms with van der Waals surface area (Å²) in [5.74, 6) is 0.0101. The molecule has 0 saturated carbocycles. The summed E-state index contributed by atoms with van der Waals surface area (Å²) < 4.78 is 0. The highest BCUT2D eigenvalue weighted by Crippen LogP contribution is 2.27. The summed E-state index contributed by atoms with van der Waals surface area (Å²) in [4.78, 5) is 13.1. The van der Waals surface area contributed by atoms with Gasteiger partial charge >= 0.3 is 0 Å². The van der Waals surface area contributed by atoms with Gasteiger partial charge in [0, 0.05) is 17.5 Å². The van der Waals surface area contributed by atoms with Crippen LogP contribution < -0.4 is 5.32 Å². The fourth-order valence-electron chi connectivity index (χ4n) is 1.42. The number of thiophene rings is 1. The number of carbonyl (C=O) groups is 1. The molecule has 3 nitrogen and oxygen atoms in total. The van der Waals surface area contributed by atoms with Crippen molar-refractivity contribution in [2.24, 2.45) is 0 Å². The Kier molecular flexibility index (Phi) is 4.50. The van der Waals surface area contributed by atoms with Crippen LogP contribution in [-0.2, 0) is 10.2 Å². The van der Waals surface area contributed by atoms with Crippen molar-refractivity contribution in [1.82, 2.24) is 5.32 Å². The first-order valence-electron chi connectivity index (χ1n) is 5.44. The van der Waals surface area contributed by atoms with Gasteiger partial charge in [0.05, 0.1) is 5.41 Å². The Bertz CT molecular complexity index is 333. The summed E-state index contributed by atoms with van der Waals surface area (Å²) in [7, 11) is 0. The Morgan fingerprint density at radius 3 is 2.81 bits per heavy atom. The maximum Gasteiger partial charge on any atom is 0.231 e. The zero-order valence-electron chi connectivity index (χ0n) is 9.99. The van der Waals surface area contributed by atoms with E-state index in [1.54, 1.807) is 11.3 Å². The molecule has 0 aliphatic heterocycles. The molecule has 0 bridgehead atoms. The number of hydrogen-bond acceptors (Lipinski definition) is 3. The third-order valence-corrected chi connectivity index (χ3v) is 3.84. The summed E-state index contributed by atoms with van der Waals surface area (Å²) in [5, 5.41) is 13.7. The Balaban J connectivity index is 2.66. The van der Waals surface area contributed by atoms with Crippen molar-refractivity contribution in [1.29, 1.82) is 0 Å². The molecule has 1 aromatic heterocycles. The molecule has 0 saturated heterocycles. The van der Waals surface area contributed by atoms with Crippen LogP contribution in [0.5, 0.6) is 0 Å². The van der Waals surface area contributed by atoms with Crippen molar-refractivity contribution in [3.8, 4) is 0 Å². The van der Waals surface area contributed by atoms with Crippen molar-refractivity contribution in [2.75, 3.05) is 6.61 Å². The van der Waals surface area contributed by atoms with E-state index in [4.69, 9.17) is 5.11 Å². The average molecular weight is 241 g/mol. The highest BCUT2D eigenvalue weighted by Gasteiger charge is 2.31. The van der Waals surface area contributed by atoms with Crippen LogP contribution in [0.15, 0.2) is 17.5 Å². The second-order valence-corrected chi connectivity index (χ2v) is 5.44. The molecule has 1 rings (SSSR count). The highest BCUT2D eigenvalue weighted by molar-refractivity contribution is 7.10. The Labute approximate surface area is 100 Å². The van der Waals surface area contributed by atoms with Gasteiger partial charge in [-0.1, -0.05) is 6.07 Å². The van der Waals surface area contributed by atoms with Gasteiger partial charge in [-0.25, -0.2) is 0 Å². The second kappa shape index (κ2) is 5.46. The van der Waals surface area contributed by atoms with Crippen LogP contribution in [-0.4, -0.2) is 23.7 Å². The number of aliphatic hydroxyl groups excluding tert-OH is 1. The molecule has 0 aromatic carbocycles. The van der Waals surface area contributed by atoms with Gasteiger partial charge in [-0.3, -0.25) is 4.79 Å². The first-order chi connectivity index (χ1) is 7.48. The minimum Gasteiger partial charge on any atom is -0.396 e. The van der Waals surface area contributed by atoms with E-state index >= 15 is 0 Å². The summed E-state index contributed by atoms with van der Waals surface area (Å²) in [5.41, 5.74) is -0.502. The zero-order valence-corrected chi connectivity index (χ0v) is 10.8. The largest absolute Gasteiger partial charge is 0.396 e. The average Bonchev–Trinajstić information content (AvgIpc) is 2.70. The first-order valence-corrected chi connectivity index (χ1v) is 6.32. The molecule has 2 N–H and O–H groups in total. The molecule has 1 atom stereocenters. The third kappa shape index (κ3) is 3.06. The Morgan fingerprint density at radius 1 is 1.62 bits per heavy atom. The van der Waals surface area contributed by atoms with E-state index in [1.807, 2.05) is 38.3 Å². The number of carbonyl (C=O) groups excluding carboxylic acids is 1. The van der Waals surface area contributed by atoms with Crippen LogP contribution in [0.1, 0.15) is 32.1 Å². The van der Waals surface area contributed by atoms with E-state index in [2.05, 4.69) is 5.32 Å². The minimum atomic E-state index is -0.502. The molecule has 90 valence electrons. The van der Waals surface area contributed by atoms with Gasteiger partial charge in [-0.05, 0) is 38.6 Å². The van der Waals surface area contributed by atoms with E-state index in [0.717, 1.165) is 4.88 Å². The predicted molar refractivity (Wildman–Crippen MR) is 66.7 cm³/mol. The molecule has 0 aliphatic carbocycles. The van der Waals surface area contributed by atoms with Gasteiger partial charge in [-0.15, -0.1) is 11.3 Å². The van der Waals surface area contributed by atoms with Gasteiger partial charge < -0.3 is 10.4 Å². The maximum absolute atomic E-state index is 12.1. The maximum atomic E-state index is 12.1. The molecule has 0 radical (unpaired) electrons. The summed E-state index contributed by atoms with van der Waals surface area (Å²) in [6.07, 6.45) is 0.590. The predicted octanol–water partition coefficient (Wildman–Crippen LogP) is 1.91. The molecule has 0 aliphatic rings. The van der Waals surface area contributed by atoms with Gasteiger partial charge in [0.15, 0.2) is 0 Å². The zero-order chi connectivity index (χ0) is 12.2. The highest BCUT2D eigenvalue weighted by atomic mass is 32.1. The van der Waals surface area contributed by atoms with Gasteiger partial charge in [0.1, 0.15) is 0 Å². The van der Waals surface area contributed by atoms with Crippen LogP contribution in [0.4, 0.5) is 0 Å². The first kappa shape index (κ1) is 13.2. The topological polar surface area (TPSA) is 49.3 Å². The molecule has 16 heavy (non-hydrogen) atoms. The third-order valence-electron chi connectivity index (χ3n) is 2.64. The minimum absolute atomic E-state index is 0.0101. The number of amides is 1. The van der Waals surface area contributed by atoms with Gasteiger partial charge in [0.2, 0.25) is 5.91 Å².